The van der Waals surface area contributed by atoms with Crippen molar-refractivity contribution in [1.29, 1.82) is 0 Å². The Morgan fingerprint density at radius 2 is 2.14 bits per heavy atom. The molecule has 0 radical (unpaired) electrons. The zero-order valence-corrected chi connectivity index (χ0v) is 9.17. The Bertz CT molecular complexity index is 357. The van der Waals surface area contributed by atoms with E-state index >= 15 is 0 Å². The maximum absolute atomic E-state index is 5.92. The number of nitrogens with two attached hydrogens (primary N) is 1. The highest BCUT2D eigenvalue weighted by Crippen LogP contribution is 2.63. The Kier molecular flexibility index (Phi) is 1.93. The van der Waals surface area contributed by atoms with Crippen LogP contribution in [0.25, 0.3) is 0 Å². The number of aromatic nitrogens is 1. The first-order chi connectivity index (χ1) is 6.53. The van der Waals surface area contributed by atoms with Gasteiger partial charge in [0.2, 0.25) is 0 Å². The lowest BCUT2D eigenvalue weighted by Crippen LogP contribution is -2.26. The third-order valence-corrected chi connectivity index (χ3v) is 3.82. The van der Waals surface area contributed by atoms with E-state index in [-0.39, 0.29) is 5.41 Å². The van der Waals surface area contributed by atoms with E-state index in [1.165, 1.54) is 17.5 Å². The van der Waals surface area contributed by atoms with Gasteiger partial charge in [-0.05, 0) is 36.0 Å². The predicted molar refractivity (Wildman–Crippen MR) is 58.1 cm³/mol. The Hall–Kier alpha value is -0.890. The van der Waals surface area contributed by atoms with Gasteiger partial charge in [0.1, 0.15) is 0 Å². The van der Waals surface area contributed by atoms with Gasteiger partial charge < -0.3 is 5.73 Å². The van der Waals surface area contributed by atoms with E-state index < -0.39 is 0 Å². The summed E-state index contributed by atoms with van der Waals surface area (Å²) in [5, 5.41) is 0. The van der Waals surface area contributed by atoms with E-state index in [9.17, 15) is 0 Å². The predicted octanol–water partition coefficient (Wildman–Crippen LogP) is 2.02. The molecule has 14 heavy (non-hydrogen) atoms. The standard InChI is InChI=1S/C12H18N2/c1-9-4-5-14-6-10(9)12(8-13)7-11(12,2)3/h4-6H,7-8,13H2,1-3H3. The van der Waals surface area contributed by atoms with Crippen LogP contribution in [-0.2, 0) is 5.41 Å². The maximum Gasteiger partial charge on any atom is 0.0308 e. The second-order valence-corrected chi connectivity index (χ2v) is 5.04. The summed E-state index contributed by atoms with van der Waals surface area (Å²) in [6.07, 6.45) is 5.01. The number of hydrogen-bond donors (Lipinski definition) is 1. The van der Waals surface area contributed by atoms with Crippen molar-refractivity contribution >= 4 is 0 Å². The highest BCUT2D eigenvalue weighted by Gasteiger charge is 2.61. The Morgan fingerprint density at radius 1 is 1.50 bits per heavy atom. The molecule has 0 saturated heterocycles. The van der Waals surface area contributed by atoms with Gasteiger partial charge in [-0.3, -0.25) is 4.98 Å². The molecule has 1 heterocycles. The third kappa shape index (κ3) is 1.10. The second kappa shape index (κ2) is 2.80. The molecule has 1 fully saturated rings. The van der Waals surface area contributed by atoms with Crippen molar-refractivity contribution < 1.29 is 0 Å². The molecular weight excluding hydrogens is 172 g/mol. The molecule has 1 unspecified atom stereocenters. The summed E-state index contributed by atoms with van der Waals surface area (Å²) in [6, 6.07) is 2.07. The topological polar surface area (TPSA) is 38.9 Å². The molecule has 2 rings (SSSR count). The molecule has 0 aliphatic heterocycles. The zero-order chi connectivity index (χ0) is 10.4. The molecule has 1 aliphatic rings. The summed E-state index contributed by atoms with van der Waals surface area (Å²) >= 11 is 0. The Morgan fingerprint density at radius 3 is 2.57 bits per heavy atom. The minimum Gasteiger partial charge on any atom is -0.330 e. The summed E-state index contributed by atoms with van der Waals surface area (Å²) < 4.78 is 0. The van der Waals surface area contributed by atoms with E-state index in [0.29, 0.717) is 5.41 Å². The monoisotopic (exact) mass is 190 g/mol. The molecule has 1 atom stereocenters. The number of rotatable bonds is 2. The number of hydrogen-bond acceptors (Lipinski definition) is 2. The van der Waals surface area contributed by atoms with E-state index in [1.54, 1.807) is 0 Å². The van der Waals surface area contributed by atoms with Gasteiger partial charge in [-0.2, -0.15) is 0 Å². The summed E-state index contributed by atoms with van der Waals surface area (Å²) in [4.78, 5) is 4.21. The number of nitrogens with zero attached hydrogens (tertiary/aromatic N) is 1. The molecule has 2 heteroatoms. The van der Waals surface area contributed by atoms with Crippen LogP contribution in [0.1, 0.15) is 31.4 Å². The van der Waals surface area contributed by atoms with Crippen LogP contribution in [0.3, 0.4) is 0 Å². The van der Waals surface area contributed by atoms with Crippen molar-refractivity contribution in [3.05, 3.63) is 29.6 Å². The summed E-state index contributed by atoms with van der Waals surface area (Å²) in [6.45, 7) is 7.44. The van der Waals surface area contributed by atoms with E-state index in [4.69, 9.17) is 5.73 Å². The minimum atomic E-state index is 0.186. The molecule has 0 aromatic carbocycles. The van der Waals surface area contributed by atoms with Gasteiger partial charge in [-0.25, -0.2) is 0 Å². The van der Waals surface area contributed by atoms with Crippen molar-refractivity contribution in [3.8, 4) is 0 Å². The van der Waals surface area contributed by atoms with Crippen LogP contribution >= 0.6 is 0 Å². The van der Waals surface area contributed by atoms with Gasteiger partial charge in [0.15, 0.2) is 0 Å². The van der Waals surface area contributed by atoms with Gasteiger partial charge in [0.25, 0.3) is 0 Å². The lowest BCUT2D eigenvalue weighted by atomic mass is 9.86. The molecular formula is C12H18N2. The molecule has 1 saturated carbocycles. The third-order valence-electron chi connectivity index (χ3n) is 3.82. The van der Waals surface area contributed by atoms with Gasteiger partial charge in [-0.15, -0.1) is 0 Å². The molecule has 0 amide bonds. The smallest absolute Gasteiger partial charge is 0.0308 e. The fourth-order valence-electron chi connectivity index (χ4n) is 2.59. The van der Waals surface area contributed by atoms with Crippen LogP contribution in [0.5, 0.6) is 0 Å². The normalized spacial score (nSPS) is 28.9. The summed E-state index contributed by atoms with van der Waals surface area (Å²) in [5.41, 5.74) is 9.10. The average Bonchev–Trinajstić information content (AvgIpc) is 2.70. The Labute approximate surface area is 85.5 Å². The van der Waals surface area contributed by atoms with Crippen LogP contribution in [0, 0.1) is 12.3 Å². The van der Waals surface area contributed by atoms with Crippen LogP contribution in [0.2, 0.25) is 0 Å². The first kappa shape index (κ1) is 9.66. The lowest BCUT2D eigenvalue weighted by molar-refractivity contribution is 0.500. The summed E-state index contributed by atoms with van der Waals surface area (Å²) in [7, 11) is 0. The SMILES string of the molecule is Cc1ccncc1C1(CN)CC1(C)C. The fraction of sp³-hybridized carbons (Fsp3) is 0.583. The molecule has 0 bridgehead atoms. The molecule has 1 aromatic heterocycles. The fourth-order valence-corrected chi connectivity index (χ4v) is 2.59. The highest BCUT2D eigenvalue weighted by atomic mass is 14.8. The van der Waals surface area contributed by atoms with Crippen molar-refractivity contribution in [2.45, 2.75) is 32.6 Å². The molecule has 1 aromatic rings. The van der Waals surface area contributed by atoms with Crippen LogP contribution in [0.15, 0.2) is 18.5 Å². The second-order valence-electron chi connectivity index (χ2n) is 5.04. The van der Waals surface area contributed by atoms with Gasteiger partial charge >= 0.3 is 0 Å². The van der Waals surface area contributed by atoms with Gasteiger partial charge in [0.05, 0.1) is 0 Å². The molecule has 2 nitrogen and oxygen atoms in total. The average molecular weight is 190 g/mol. The van der Waals surface area contributed by atoms with E-state index in [0.717, 1.165) is 6.54 Å². The molecule has 0 spiro atoms. The first-order valence-electron chi connectivity index (χ1n) is 5.15. The van der Waals surface area contributed by atoms with Crippen LogP contribution in [0.4, 0.5) is 0 Å². The lowest BCUT2D eigenvalue weighted by Gasteiger charge is -2.20. The largest absolute Gasteiger partial charge is 0.330 e. The van der Waals surface area contributed by atoms with Crippen molar-refractivity contribution in [3.63, 3.8) is 0 Å². The first-order valence-corrected chi connectivity index (χ1v) is 5.15. The van der Waals surface area contributed by atoms with E-state index in [2.05, 4.69) is 31.8 Å². The van der Waals surface area contributed by atoms with Gasteiger partial charge in [0, 0.05) is 24.4 Å². The van der Waals surface area contributed by atoms with Crippen molar-refractivity contribution in [1.82, 2.24) is 4.98 Å². The number of pyridine rings is 1. The molecule has 1 aliphatic carbocycles. The van der Waals surface area contributed by atoms with Crippen LogP contribution in [-0.4, -0.2) is 11.5 Å². The highest BCUT2D eigenvalue weighted by molar-refractivity contribution is 5.40. The van der Waals surface area contributed by atoms with Crippen LogP contribution < -0.4 is 5.73 Å². The van der Waals surface area contributed by atoms with Crippen molar-refractivity contribution in [2.24, 2.45) is 11.1 Å². The Balaban J connectivity index is 2.46. The summed E-state index contributed by atoms with van der Waals surface area (Å²) in [5.74, 6) is 0. The minimum absolute atomic E-state index is 0.186. The van der Waals surface area contributed by atoms with Gasteiger partial charge in [-0.1, -0.05) is 13.8 Å². The molecule has 2 N–H and O–H groups in total. The quantitative estimate of drug-likeness (QED) is 0.775. The van der Waals surface area contributed by atoms with E-state index in [1.807, 2.05) is 12.4 Å². The zero-order valence-electron chi connectivity index (χ0n) is 9.17. The van der Waals surface area contributed by atoms with Crippen molar-refractivity contribution in [2.75, 3.05) is 6.54 Å². The maximum atomic E-state index is 5.92. The number of aryl methyl sites for hydroxylation is 1. The molecule has 76 valence electrons.